The number of hydrogen-bond acceptors (Lipinski definition) is 3. The summed E-state index contributed by atoms with van der Waals surface area (Å²) in [4.78, 5) is 10.6. The molecule has 2 rings (SSSR count). The molecule has 3 N–H and O–H groups in total. The fourth-order valence-corrected chi connectivity index (χ4v) is 1.66. The highest BCUT2D eigenvalue weighted by atomic mass is 16.6. The van der Waals surface area contributed by atoms with Crippen molar-refractivity contribution < 1.29 is 9.53 Å². The van der Waals surface area contributed by atoms with Crippen LogP contribution in [0.3, 0.4) is 0 Å². The smallest absolute Gasteiger partial charge is 0.407 e. The lowest BCUT2D eigenvalue weighted by Crippen LogP contribution is -2.59. The molecule has 1 heterocycles. The molecule has 56 valence electrons. The Morgan fingerprint density at radius 1 is 1.70 bits per heavy atom. The fraction of sp³-hybridized carbons (Fsp3) is 0.833. The third-order valence-electron chi connectivity index (χ3n) is 2.15. The molecule has 1 aliphatic heterocycles. The molecule has 1 spiro atoms. The molecule has 0 aromatic carbocycles. The van der Waals surface area contributed by atoms with Crippen molar-refractivity contribution in [3.05, 3.63) is 0 Å². The van der Waals surface area contributed by atoms with Crippen LogP contribution in [0.15, 0.2) is 0 Å². The van der Waals surface area contributed by atoms with E-state index in [0.717, 1.165) is 12.8 Å². The Morgan fingerprint density at radius 2 is 2.40 bits per heavy atom. The van der Waals surface area contributed by atoms with Crippen LogP contribution in [-0.4, -0.2) is 24.3 Å². The van der Waals surface area contributed by atoms with Crippen LogP contribution in [0.4, 0.5) is 4.79 Å². The molecule has 1 saturated heterocycles. The van der Waals surface area contributed by atoms with Crippen LogP contribution in [0.25, 0.3) is 0 Å². The molecular formula is C6H10N2O2. The molecule has 0 aromatic heterocycles. The van der Waals surface area contributed by atoms with Crippen molar-refractivity contribution in [3.63, 3.8) is 0 Å². The Morgan fingerprint density at radius 3 is 2.80 bits per heavy atom. The van der Waals surface area contributed by atoms with Gasteiger partial charge < -0.3 is 15.8 Å². The van der Waals surface area contributed by atoms with Crippen molar-refractivity contribution in [2.75, 3.05) is 6.61 Å². The van der Waals surface area contributed by atoms with E-state index in [9.17, 15) is 4.79 Å². The molecule has 1 amide bonds. The van der Waals surface area contributed by atoms with E-state index >= 15 is 0 Å². The minimum atomic E-state index is -0.299. The van der Waals surface area contributed by atoms with Gasteiger partial charge >= 0.3 is 6.09 Å². The largest absolute Gasteiger partial charge is 0.447 e. The SMILES string of the molecule is N[C@H]1C[C@]2(COC(=O)N2)C1. The Labute approximate surface area is 58.7 Å². The van der Waals surface area contributed by atoms with E-state index in [2.05, 4.69) is 5.32 Å². The average molecular weight is 142 g/mol. The van der Waals surface area contributed by atoms with Crippen molar-refractivity contribution in [1.29, 1.82) is 0 Å². The lowest BCUT2D eigenvalue weighted by molar-refractivity contribution is 0.139. The molecule has 4 nitrogen and oxygen atoms in total. The van der Waals surface area contributed by atoms with Gasteiger partial charge in [-0.05, 0) is 12.8 Å². The van der Waals surface area contributed by atoms with E-state index in [1.807, 2.05) is 0 Å². The standard InChI is InChI=1S/C6H10N2O2/c7-4-1-6(2-4)3-10-5(9)8-6/h4H,1-3,7H2,(H,8,9)/t4-,6+. The molecule has 0 unspecified atom stereocenters. The Bertz CT molecular complexity index is 175. The highest BCUT2D eigenvalue weighted by molar-refractivity contribution is 5.71. The second-order valence-electron chi connectivity index (χ2n) is 3.15. The van der Waals surface area contributed by atoms with Crippen LogP contribution >= 0.6 is 0 Å². The lowest BCUT2D eigenvalue weighted by atomic mass is 9.74. The van der Waals surface area contributed by atoms with Gasteiger partial charge in [0.1, 0.15) is 6.61 Å². The maximum atomic E-state index is 10.6. The first-order valence-corrected chi connectivity index (χ1v) is 3.41. The number of nitrogens with one attached hydrogen (secondary N) is 1. The number of cyclic esters (lactones) is 1. The quantitative estimate of drug-likeness (QED) is 0.483. The Kier molecular flexibility index (Phi) is 0.976. The Hall–Kier alpha value is -0.770. The summed E-state index contributed by atoms with van der Waals surface area (Å²) in [5.41, 5.74) is 5.48. The van der Waals surface area contributed by atoms with Crippen LogP contribution in [0.2, 0.25) is 0 Å². The van der Waals surface area contributed by atoms with Gasteiger partial charge in [0, 0.05) is 6.04 Å². The van der Waals surface area contributed by atoms with E-state index in [0.29, 0.717) is 6.61 Å². The first-order valence-electron chi connectivity index (χ1n) is 3.41. The van der Waals surface area contributed by atoms with Crippen molar-refractivity contribution in [2.24, 2.45) is 5.73 Å². The molecule has 1 saturated carbocycles. The minimum absolute atomic E-state index is 0.0868. The van der Waals surface area contributed by atoms with E-state index in [1.54, 1.807) is 0 Å². The summed E-state index contributed by atoms with van der Waals surface area (Å²) in [6.07, 6.45) is 1.42. The monoisotopic (exact) mass is 142 g/mol. The van der Waals surface area contributed by atoms with Gasteiger partial charge in [-0.15, -0.1) is 0 Å². The summed E-state index contributed by atoms with van der Waals surface area (Å²) in [6.45, 7) is 0.500. The van der Waals surface area contributed by atoms with Crippen molar-refractivity contribution in [1.82, 2.24) is 5.32 Å². The normalized spacial score (nSPS) is 44.5. The Balaban J connectivity index is 2.01. The third kappa shape index (κ3) is 0.686. The first kappa shape index (κ1) is 5.97. The molecule has 0 radical (unpaired) electrons. The second kappa shape index (κ2) is 1.63. The molecule has 0 aromatic rings. The predicted octanol–water partition coefficient (Wildman–Crippen LogP) is -0.414. The number of ether oxygens (including phenoxy) is 1. The van der Waals surface area contributed by atoms with E-state index in [4.69, 9.17) is 10.5 Å². The summed E-state index contributed by atoms with van der Waals surface area (Å²) in [6, 6.07) is 0.252. The number of alkyl carbamates (subject to hydrolysis) is 1. The van der Waals surface area contributed by atoms with E-state index in [-0.39, 0.29) is 17.7 Å². The maximum absolute atomic E-state index is 10.6. The molecular weight excluding hydrogens is 132 g/mol. The van der Waals surface area contributed by atoms with Gasteiger partial charge in [-0.2, -0.15) is 0 Å². The van der Waals surface area contributed by atoms with Gasteiger partial charge in [-0.3, -0.25) is 0 Å². The second-order valence-corrected chi connectivity index (χ2v) is 3.15. The van der Waals surface area contributed by atoms with Crippen LogP contribution in [0, 0.1) is 0 Å². The number of carbonyl (C=O) groups is 1. The topological polar surface area (TPSA) is 64.3 Å². The minimum Gasteiger partial charge on any atom is -0.447 e. The molecule has 2 fully saturated rings. The van der Waals surface area contributed by atoms with Gasteiger partial charge in [0.05, 0.1) is 5.54 Å². The van der Waals surface area contributed by atoms with Gasteiger partial charge in [0.2, 0.25) is 0 Å². The molecule has 0 bridgehead atoms. The van der Waals surface area contributed by atoms with Gasteiger partial charge in [-0.1, -0.05) is 0 Å². The molecule has 2 aliphatic rings. The molecule has 4 heteroatoms. The first-order chi connectivity index (χ1) is 4.70. The van der Waals surface area contributed by atoms with Crippen LogP contribution in [-0.2, 0) is 4.74 Å². The number of carbonyl (C=O) groups excluding carboxylic acids is 1. The highest BCUT2D eigenvalue weighted by Gasteiger charge is 2.48. The van der Waals surface area contributed by atoms with Crippen LogP contribution in [0.1, 0.15) is 12.8 Å². The van der Waals surface area contributed by atoms with E-state index in [1.165, 1.54) is 0 Å². The van der Waals surface area contributed by atoms with Crippen molar-refractivity contribution >= 4 is 6.09 Å². The summed E-state index contributed by atoms with van der Waals surface area (Å²) in [7, 11) is 0. The summed E-state index contributed by atoms with van der Waals surface area (Å²) in [5.74, 6) is 0. The van der Waals surface area contributed by atoms with Crippen molar-refractivity contribution in [2.45, 2.75) is 24.4 Å². The summed E-state index contributed by atoms with van der Waals surface area (Å²) < 4.78 is 4.75. The van der Waals surface area contributed by atoms with Crippen LogP contribution in [0.5, 0.6) is 0 Å². The van der Waals surface area contributed by atoms with Crippen LogP contribution < -0.4 is 11.1 Å². The fourth-order valence-electron chi connectivity index (χ4n) is 1.66. The summed E-state index contributed by atoms with van der Waals surface area (Å²) >= 11 is 0. The maximum Gasteiger partial charge on any atom is 0.407 e. The zero-order chi connectivity index (χ0) is 7.19. The van der Waals surface area contributed by atoms with E-state index < -0.39 is 0 Å². The summed E-state index contributed by atoms with van der Waals surface area (Å²) in [5, 5.41) is 2.76. The van der Waals surface area contributed by atoms with Crippen molar-refractivity contribution in [3.8, 4) is 0 Å². The highest BCUT2D eigenvalue weighted by Crippen LogP contribution is 2.33. The zero-order valence-corrected chi connectivity index (χ0v) is 5.59. The third-order valence-corrected chi connectivity index (χ3v) is 2.15. The predicted molar refractivity (Wildman–Crippen MR) is 34.4 cm³/mol. The molecule has 1 aliphatic carbocycles. The lowest BCUT2D eigenvalue weighted by Gasteiger charge is -2.40. The number of hydrogen-bond donors (Lipinski definition) is 2. The number of amides is 1. The molecule has 0 atom stereocenters. The van der Waals surface area contributed by atoms with Gasteiger partial charge in [0.15, 0.2) is 0 Å². The average Bonchev–Trinajstić information content (AvgIpc) is 2.10. The van der Waals surface area contributed by atoms with Gasteiger partial charge in [-0.25, -0.2) is 4.79 Å². The molecule has 10 heavy (non-hydrogen) atoms. The number of nitrogens with two attached hydrogens (primary N) is 1. The number of rotatable bonds is 0. The van der Waals surface area contributed by atoms with Gasteiger partial charge in [0.25, 0.3) is 0 Å². The zero-order valence-electron chi connectivity index (χ0n) is 5.59.